The first kappa shape index (κ1) is 37.1. The van der Waals surface area contributed by atoms with Crippen LogP contribution in [0.3, 0.4) is 0 Å². The third-order valence-electron chi connectivity index (χ3n) is 14.2. The zero-order valence-electron chi connectivity index (χ0n) is 29.7. The lowest BCUT2D eigenvalue weighted by Crippen LogP contribution is -2.64. The summed E-state index contributed by atoms with van der Waals surface area (Å²) in [4.78, 5) is 27.6. The molecule has 4 N–H and O–H groups in total. The zero-order chi connectivity index (χ0) is 36.3. The molecule has 0 radical (unpaired) electrons. The number of nitrogens with one attached hydrogen (secondary N) is 1. The number of carbonyl (C=O) groups is 2. The van der Waals surface area contributed by atoms with Crippen molar-refractivity contribution in [2.75, 3.05) is 6.61 Å². The molecule has 278 valence electrons. The van der Waals surface area contributed by atoms with Gasteiger partial charge in [0.1, 0.15) is 18.8 Å². The van der Waals surface area contributed by atoms with E-state index < -0.39 is 36.2 Å². The SMILES string of the molecule is C[C@H]1O[C@@H](O[C@H]2CC[C@@]3(C)[C@H](CC[C@@H]4[C@@H]3CC[C@]3(C)[C@@H](C5=CC(=O)OC5)CCC43O)C2)[C@H](O)[C@@H](O)[C@@H]1NC(=O)CCc1ccc(N=[N+]=[N-])c(I)c1. The zero-order valence-corrected chi connectivity index (χ0v) is 31.8. The molecule has 12 nitrogen and oxygen atoms in total. The Morgan fingerprint density at radius 1 is 1.12 bits per heavy atom. The number of esters is 1. The van der Waals surface area contributed by atoms with Crippen LogP contribution >= 0.6 is 22.6 Å². The lowest BCUT2D eigenvalue weighted by atomic mass is 9.43. The average molecular weight is 819 g/mol. The summed E-state index contributed by atoms with van der Waals surface area (Å²) in [5.74, 6) is 0.697. The number of fused-ring (bicyclic) bond motifs is 5. The van der Waals surface area contributed by atoms with Crippen LogP contribution in [0.25, 0.3) is 10.4 Å². The number of carbonyl (C=O) groups excluding carboxylic acids is 2. The maximum Gasteiger partial charge on any atom is 0.331 e. The minimum Gasteiger partial charge on any atom is -0.458 e. The second kappa shape index (κ2) is 14.2. The molecule has 13 heteroatoms. The minimum absolute atomic E-state index is 0.0722. The van der Waals surface area contributed by atoms with Crippen LogP contribution in [0.4, 0.5) is 5.69 Å². The molecular weight excluding hydrogens is 767 g/mol. The highest BCUT2D eigenvalue weighted by Crippen LogP contribution is 2.70. The number of rotatable bonds is 8. The van der Waals surface area contributed by atoms with Gasteiger partial charge in [0, 0.05) is 26.4 Å². The second-order valence-electron chi connectivity index (χ2n) is 16.6. The Balaban J connectivity index is 0.933. The Bertz CT molecular complexity index is 1620. The number of benzene rings is 1. The number of azide groups is 1. The van der Waals surface area contributed by atoms with Crippen molar-refractivity contribution in [1.29, 1.82) is 0 Å². The molecule has 1 saturated heterocycles. The maximum atomic E-state index is 12.9. The van der Waals surface area contributed by atoms with E-state index in [4.69, 9.17) is 19.7 Å². The first-order chi connectivity index (χ1) is 24.3. The summed E-state index contributed by atoms with van der Waals surface area (Å²) in [6.07, 6.45) is 6.24. The van der Waals surface area contributed by atoms with Crippen LogP contribution in [0.15, 0.2) is 35.0 Å². The van der Waals surface area contributed by atoms with Gasteiger partial charge < -0.3 is 34.8 Å². The van der Waals surface area contributed by atoms with Gasteiger partial charge in [0.15, 0.2) is 6.29 Å². The molecule has 1 unspecified atom stereocenters. The first-order valence-electron chi connectivity index (χ1n) is 18.7. The van der Waals surface area contributed by atoms with Gasteiger partial charge in [-0.1, -0.05) is 31.1 Å². The summed E-state index contributed by atoms with van der Waals surface area (Å²) in [6.45, 7) is 6.79. The largest absolute Gasteiger partial charge is 0.458 e. The maximum absolute atomic E-state index is 12.9. The van der Waals surface area contributed by atoms with Gasteiger partial charge in [-0.2, -0.15) is 0 Å². The van der Waals surface area contributed by atoms with Crippen LogP contribution in [0.2, 0.25) is 0 Å². The third kappa shape index (κ3) is 6.52. The van der Waals surface area contributed by atoms with Crippen molar-refractivity contribution in [3.8, 4) is 0 Å². The number of halogens is 1. The molecule has 1 aromatic carbocycles. The average Bonchev–Trinajstić information content (AvgIpc) is 3.65. The van der Waals surface area contributed by atoms with Crippen LogP contribution in [-0.4, -0.2) is 76.2 Å². The van der Waals surface area contributed by atoms with Crippen molar-refractivity contribution >= 4 is 40.2 Å². The monoisotopic (exact) mass is 818 g/mol. The summed E-state index contributed by atoms with van der Waals surface area (Å²) in [5, 5.41) is 41.3. The number of ether oxygens (including phenoxy) is 3. The molecule has 0 aromatic heterocycles. The number of aryl methyl sites for hydroxylation is 1. The highest BCUT2D eigenvalue weighted by atomic mass is 127. The Labute approximate surface area is 312 Å². The van der Waals surface area contributed by atoms with E-state index in [9.17, 15) is 24.9 Å². The lowest BCUT2D eigenvalue weighted by molar-refractivity contribution is -0.293. The smallest absolute Gasteiger partial charge is 0.331 e. The Morgan fingerprint density at radius 2 is 1.92 bits per heavy atom. The normalized spacial score (nSPS) is 43.2. The quantitative estimate of drug-likeness (QED) is 0.0638. The highest BCUT2D eigenvalue weighted by Gasteiger charge is 2.67. The molecule has 1 aromatic rings. The fourth-order valence-electron chi connectivity index (χ4n) is 11.4. The molecule has 2 aliphatic heterocycles. The van der Waals surface area contributed by atoms with Gasteiger partial charge in [0.25, 0.3) is 0 Å². The van der Waals surface area contributed by atoms with Crippen molar-refractivity contribution < 1.29 is 39.1 Å². The van der Waals surface area contributed by atoms with Crippen molar-refractivity contribution in [1.82, 2.24) is 5.32 Å². The number of nitrogens with zero attached hydrogens (tertiary/aromatic N) is 3. The molecule has 4 aliphatic carbocycles. The second-order valence-corrected chi connectivity index (χ2v) is 17.7. The summed E-state index contributed by atoms with van der Waals surface area (Å²) >= 11 is 2.09. The van der Waals surface area contributed by atoms with Crippen LogP contribution in [-0.2, 0) is 30.2 Å². The number of aliphatic hydroxyl groups is 3. The molecule has 2 heterocycles. The van der Waals surface area contributed by atoms with E-state index in [1.165, 1.54) is 0 Å². The van der Waals surface area contributed by atoms with Gasteiger partial charge in [-0.05, 0) is 146 Å². The Hall–Kier alpha value is -2.26. The molecule has 0 bridgehead atoms. The molecule has 7 rings (SSSR count). The molecule has 51 heavy (non-hydrogen) atoms. The molecule has 4 saturated carbocycles. The number of cyclic esters (lactones) is 1. The lowest BCUT2D eigenvalue weighted by Gasteiger charge is -2.64. The molecule has 13 atom stereocenters. The molecule has 1 amide bonds. The number of amides is 1. The van der Waals surface area contributed by atoms with Crippen molar-refractivity contribution in [3.63, 3.8) is 0 Å². The van der Waals surface area contributed by atoms with Gasteiger partial charge >= 0.3 is 5.97 Å². The summed E-state index contributed by atoms with van der Waals surface area (Å²) < 4.78 is 18.6. The molecule has 6 aliphatic rings. The van der Waals surface area contributed by atoms with E-state index in [-0.39, 0.29) is 47.1 Å². The van der Waals surface area contributed by atoms with Gasteiger partial charge in [-0.25, -0.2) is 4.79 Å². The number of hydrogen-bond donors (Lipinski definition) is 4. The molecule has 0 spiro atoms. The van der Waals surface area contributed by atoms with Crippen LogP contribution < -0.4 is 5.32 Å². The van der Waals surface area contributed by atoms with E-state index in [0.717, 1.165) is 72.5 Å². The first-order valence-corrected chi connectivity index (χ1v) is 19.7. The van der Waals surface area contributed by atoms with Crippen LogP contribution in [0.1, 0.15) is 90.5 Å². The van der Waals surface area contributed by atoms with Gasteiger partial charge in [-0.15, -0.1) is 0 Å². The topological polar surface area (TPSA) is 183 Å². The van der Waals surface area contributed by atoms with Crippen molar-refractivity contribution in [2.24, 2.45) is 39.6 Å². The van der Waals surface area contributed by atoms with E-state index in [0.29, 0.717) is 30.6 Å². The standard InChI is InChI=1S/C38H51IN4O8/c1-20-32(41-30(44)9-5-21-4-8-29(42-43-40)28(39)16-21)33(46)34(47)35(50-20)51-24-10-13-36(2)23(18-24)6-7-27-26(36)11-14-37(3)25(12-15-38(27,37)48)22-17-31(45)49-19-22/h4,8,16-17,20,23-27,32-35,46-48H,5-7,9-15,18-19H2,1-3H3,(H,41,44)/t20-,23-,24+,25-,26+,27-,32-,33+,34-,35+,36+,37-,38?/m1/s1. The number of aliphatic hydroxyl groups excluding tert-OH is 2. The van der Waals surface area contributed by atoms with Gasteiger partial charge in [0.05, 0.1) is 29.5 Å². The number of hydrogen-bond acceptors (Lipinski definition) is 9. The van der Waals surface area contributed by atoms with Crippen molar-refractivity contribution in [2.45, 2.75) is 134 Å². The summed E-state index contributed by atoms with van der Waals surface area (Å²) in [6, 6.07) is 4.63. The highest BCUT2D eigenvalue weighted by molar-refractivity contribution is 14.1. The summed E-state index contributed by atoms with van der Waals surface area (Å²) in [7, 11) is 0. The summed E-state index contributed by atoms with van der Waals surface area (Å²) in [5.41, 5.74) is 10.2. The van der Waals surface area contributed by atoms with Crippen LogP contribution in [0, 0.1) is 38.1 Å². The Kier molecular flexibility index (Phi) is 10.3. The van der Waals surface area contributed by atoms with E-state index in [1.807, 2.05) is 12.1 Å². The van der Waals surface area contributed by atoms with Gasteiger partial charge in [0.2, 0.25) is 5.91 Å². The van der Waals surface area contributed by atoms with Crippen molar-refractivity contribution in [3.05, 3.63) is 49.4 Å². The van der Waals surface area contributed by atoms with E-state index >= 15 is 0 Å². The fraction of sp³-hybridized carbons (Fsp3) is 0.737. The fourth-order valence-corrected chi connectivity index (χ4v) is 12.1. The van der Waals surface area contributed by atoms with Gasteiger partial charge in [-0.3, -0.25) is 4.79 Å². The van der Waals surface area contributed by atoms with Crippen LogP contribution in [0.5, 0.6) is 0 Å². The predicted molar refractivity (Wildman–Crippen MR) is 195 cm³/mol. The minimum atomic E-state index is -1.32. The predicted octanol–water partition coefficient (Wildman–Crippen LogP) is 5.76. The Morgan fingerprint density at radius 3 is 2.65 bits per heavy atom. The van der Waals surface area contributed by atoms with E-state index in [2.05, 4.69) is 51.8 Å². The molecule has 5 fully saturated rings. The molecular formula is C38H51IN4O8. The van der Waals surface area contributed by atoms with E-state index in [1.54, 1.807) is 19.1 Å². The third-order valence-corrected chi connectivity index (χ3v) is 15.1.